The van der Waals surface area contributed by atoms with Crippen molar-refractivity contribution in [3.63, 3.8) is 0 Å². The number of hydrogen-bond donors (Lipinski definition) is 1. The highest BCUT2D eigenvalue weighted by Crippen LogP contribution is 2.33. The predicted molar refractivity (Wildman–Crippen MR) is 114 cm³/mol. The van der Waals surface area contributed by atoms with Crippen molar-refractivity contribution in [2.75, 3.05) is 45.7 Å². The van der Waals surface area contributed by atoms with Crippen LogP contribution in [0.4, 0.5) is 5.69 Å². The first kappa shape index (κ1) is 19.6. The molecule has 1 fully saturated rings. The molecule has 6 heteroatoms. The summed E-state index contributed by atoms with van der Waals surface area (Å²) in [6.45, 7) is 3.71. The molecule has 0 saturated carbocycles. The Labute approximate surface area is 172 Å². The lowest BCUT2D eigenvalue weighted by Gasteiger charge is -2.31. The second-order valence-electron chi connectivity index (χ2n) is 7.77. The number of nitrogens with one attached hydrogen (secondary N) is 1. The van der Waals surface area contributed by atoms with E-state index in [-0.39, 0.29) is 5.91 Å². The molecule has 29 heavy (non-hydrogen) atoms. The molecule has 1 N–H and O–H groups in total. The van der Waals surface area contributed by atoms with Gasteiger partial charge < -0.3 is 19.7 Å². The van der Waals surface area contributed by atoms with Crippen molar-refractivity contribution in [1.29, 1.82) is 0 Å². The number of carbonyl (C=O) groups excluding carboxylic acids is 1. The molecule has 0 bridgehead atoms. The van der Waals surface area contributed by atoms with E-state index >= 15 is 0 Å². The predicted octanol–water partition coefficient (Wildman–Crippen LogP) is 2.77. The first-order chi connectivity index (χ1) is 14.2. The molecule has 1 saturated heterocycles. The van der Waals surface area contributed by atoms with Gasteiger partial charge >= 0.3 is 0 Å². The number of ether oxygens (including phenoxy) is 2. The lowest BCUT2D eigenvalue weighted by atomic mass is 9.98. The summed E-state index contributed by atoms with van der Waals surface area (Å²) in [5.74, 6) is 1.67. The molecule has 154 valence electrons. The number of anilines is 1. The maximum absolute atomic E-state index is 12.9. The summed E-state index contributed by atoms with van der Waals surface area (Å²) in [5.41, 5.74) is 3.52. The number of carbonyl (C=O) groups is 1. The molecule has 2 aliphatic rings. The fourth-order valence-corrected chi connectivity index (χ4v) is 4.25. The molecular weight excluding hydrogens is 366 g/mol. The van der Waals surface area contributed by atoms with Crippen molar-refractivity contribution < 1.29 is 14.3 Å². The quantitative estimate of drug-likeness (QED) is 0.815. The van der Waals surface area contributed by atoms with Crippen LogP contribution in [0, 0.1) is 0 Å². The van der Waals surface area contributed by atoms with Crippen LogP contribution >= 0.6 is 0 Å². The molecule has 0 spiro atoms. The molecule has 1 amide bonds. The lowest BCUT2D eigenvalue weighted by Crippen LogP contribution is -2.42. The molecule has 4 rings (SSSR count). The minimum absolute atomic E-state index is 0.200. The largest absolute Gasteiger partial charge is 0.493 e. The Morgan fingerprint density at radius 3 is 2.52 bits per heavy atom. The molecule has 2 aliphatic heterocycles. The molecule has 6 nitrogen and oxygen atoms in total. The maximum atomic E-state index is 12.9. The number of methoxy groups -OCH3 is 2. The average Bonchev–Trinajstić information content (AvgIpc) is 3.19. The number of benzene rings is 2. The van der Waals surface area contributed by atoms with E-state index < -0.39 is 0 Å². The molecule has 1 unspecified atom stereocenters. The van der Waals surface area contributed by atoms with Crippen LogP contribution in [0.3, 0.4) is 0 Å². The monoisotopic (exact) mass is 395 g/mol. The van der Waals surface area contributed by atoms with Crippen LogP contribution in [0.5, 0.6) is 11.5 Å². The zero-order valence-electron chi connectivity index (χ0n) is 17.2. The summed E-state index contributed by atoms with van der Waals surface area (Å²) in [6, 6.07) is 14.7. The van der Waals surface area contributed by atoms with Crippen molar-refractivity contribution in [1.82, 2.24) is 9.80 Å². The molecule has 0 aromatic heterocycles. The highest BCUT2D eigenvalue weighted by molar-refractivity contribution is 5.78. The van der Waals surface area contributed by atoms with Gasteiger partial charge in [-0.05, 0) is 48.2 Å². The van der Waals surface area contributed by atoms with Crippen molar-refractivity contribution >= 4 is 11.6 Å². The summed E-state index contributed by atoms with van der Waals surface area (Å²) >= 11 is 0. The Hall–Kier alpha value is -2.73. The minimum Gasteiger partial charge on any atom is -0.493 e. The molecule has 2 heterocycles. The van der Waals surface area contributed by atoms with Gasteiger partial charge in [-0.3, -0.25) is 9.69 Å². The van der Waals surface area contributed by atoms with E-state index in [4.69, 9.17) is 9.47 Å². The topological polar surface area (TPSA) is 54.0 Å². The number of likely N-dealkylation sites (tertiary alicyclic amines) is 1. The highest BCUT2D eigenvalue weighted by atomic mass is 16.5. The third kappa shape index (κ3) is 4.48. The van der Waals surface area contributed by atoms with Gasteiger partial charge in [-0.25, -0.2) is 0 Å². The van der Waals surface area contributed by atoms with Gasteiger partial charge in [0, 0.05) is 37.9 Å². The Bertz CT molecular complexity index is 856. The molecule has 1 atom stereocenters. The average molecular weight is 396 g/mol. The number of amides is 1. The highest BCUT2D eigenvalue weighted by Gasteiger charge is 2.28. The number of rotatable bonds is 6. The van der Waals surface area contributed by atoms with Crippen molar-refractivity contribution in [2.24, 2.45) is 0 Å². The van der Waals surface area contributed by atoms with Crippen molar-refractivity contribution in [2.45, 2.75) is 25.4 Å². The van der Waals surface area contributed by atoms with Gasteiger partial charge in [0.25, 0.3) is 0 Å². The summed E-state index contributed by atoms with van der Waals surface area (Å²) in [6.07, 6.45) is 1.90. The molecule has 0 radical (unpaired) electrons. The van der Waals surface area contributed by atoms with Crippen molar-refractivity contribution in [3.05, 3.63) is 53.6 Å². The van der Waals surface area contributed by atoms with Crippen LogP contribution in [0.1, 0.15) is 17.5 Å². The summed E-state index contributed by atoms with van der Waals surface area (Å²) < 4.78 is 10.8. The molecule has 2 aromatic carbocycles. The lowest BCUT2D eigenvalue weighted by molar-refractivity contribution is -0.133. The fourth-order valence-electron chi connectivity index (χ4n) is 4.25. The second kappa shape index (κ2) is 8.74. The molecular formula is C23H29N3O3. The summed E-state index contributed by atoms with van der Waals surface area (Å²) in [7, 11) is 3.29. The van der Waals surface area contributed by atoms with E-state index in [1.165, 1.54) is 5.56 Å². The van der Waals surface area contributed by atoms with Gasteiger partial charge in [0.05, 0.1) is 20.8 Å². The van der Waals surface area contributed by atoms with Crippen LogP contribution in [-0.2, 0) is 17.8 Å². The van der Waals surface area contributed by atoms with E-state index in [1.54, 1.807) is 14.2 Å². The Balaban J connectivity index is 1.33. The van der Waals surface area contributed by atoms with Gasteiger partial charge in [-0.2, -0.15) is 0 Å². The standard InChI is InChI=1S/C23H29N3O3/c1-28-21-12-17-8-11-26(14-18(17)13-22(21)29-2)23(27)16-25-10-9-20(15-25)24-19-6-4-3-5-7-19/h3-7,12-13,20,24H,8-11,14-16H2,1-2H3. The fraction of sp³-hybridized carbons (Fsp3) is 0.435. The van der Waals surface area contributed by atoms with Gasteiger partial charge in [0.15, 0.2) is 11.5 Å². The smallest absolute Gasteiger partial charge is 0.237 e. The molecule has 0 aliphatic carbocycles. The Kier molecular flexibility index (Phi) is 5.90. The third-order valence-corrected chi connectivity index (χ3v) is 5.85. The zero-order chi connectivity index (χ0) is 20.2. The number of para-hydroxylation sites is 1. The van der Waals surface area contributed by atoms with Gasteiger partial charge in [-0.1, -0.05) is 18.2 Å². The van der Waals surface area contributed by atoms with Crippen LogP contribution in [-0.4, -0.2) is 62.1 Å². The van der Waals surface area contributed by atoms with E-state index in [9.17, 15) is 4.79 Å². The normalized spacial score (nSPS) is 19.0. The van der Waals surface area contributed by atoms with E-state index in [1.807, 2.05) is 35.2 Å². The van der Waals surface area contributed by atoms with Crippen LogP contribution < -0.4 is 14.8 Å². The number of nitrogens with zero attached hydrogens (tertiary/aromatic N) is 2. The Morgan fingerprint density at radius 1 is 1.07 bits per heavy atom. The SMILES string of the molecule is COc1cc2c(cc1OC)CN(C(=O)CN1CCC(Nc3ccccc3)C1)CC2. The minimum atomic E-state index is 0.200. The summed E-state index contributed by atoms with van der Waals surface area (Å²) in [5, 5.41) is 3.57. The van der Waals surface area contributed by atoms with Crippen LogP contribution in [0.15, 0.2) is 42.5 Å². The van der Waals surface area contributed by atoms with Gasteiger partial charge in [0.2, 0.25) is 5.91 Å². The number of fused-ring (bicyclic) bond motifs is 1. The second-order valence-corrected chi connectivity index (χ2v) is 7.77. The third-order valence-electron chi connectivity index (χ3n) is 5.85. The van der Waals surface area contributed by atoms with Gasteiger partial charge in [-0.15, -0.1) is 0 Å². The van der Waals surface area contributed by atoms with Gasteiger partial charge in [0.1, 0.15) is 0 Å². The van der Waals surface area contributed by atoms with E-state index in [0.29, 0.717) is 19.1 Å². The number of hydrogen-bond acceptors (Lipinski definition) is 5. The Morgan fingerprint density at radius 2 is 1.79 bits per heavy atom. The first-order valence-electron chi connectivity index (χ1n) is 10.2. The zero-order valence-corrected chi connectivity index (χ0v) is 17.2. The van der Waals surface area contributed by atoms with Crippen LogP contribution in [0.2, 0.25) is 0 Å². The van der Waals surface area contributed by atoms with Crippen molar-refractivity contribution in [3.8, 4) is 11.5 Å². The summed E-state index contributed by atoms with van der Waals surface area (Å²) in [4.78, 5) is 17.1. The van der Waals surface area contributed by atoms with E-state index in [0.717, 1.165) is 55.2 Å². The van der Waals surface area contributed by atoms with Crippen LogP contribution in [0.25, 0.3) is 0 Å². The molecule has 2 aromatic rings. The van der Waals surface area contributed by atoms with E-state index in [2.05, 4.69) is 22.3 Å². The maximum Gasteiger partial charge on any atom is 0.237 e. The first-order valence-corrected chi connectivity index (χ1v) is 10.2.